The monoisotopic (exact) mass is 342 g/mol. The molecule has 1 aliphatic rings. The molecular weight excluding hydrogens is 316 g/mol. The van der Waals surface area contributed by atoms with Crippen molar-refractivity contribution in [2.75, 3.05) is 19.8 Å². The molecule has 1 fully saturated rings. The Morgan fingerprint density at radius 1 is 1.42 bits per heavy atom. The second-order valence-electron chi connectivity index (χ2n) is 6.55. The zero-order chi connectivity index (χ0) is 18.3. The van der Waals surface area contributed by atoms with Crippen molar-refractivity contribution >= 4 is 18.0 Å². The standard InChI is InChI=1S/C16H26N2O6/c1-5-9-23-10-11(17-15(22)24-16(2,3)4)13(19)18-8-6-7-12(18)14(20)21/h5,11-12H,1,6-10H2,2-4H3,(H,17,22)(H,20,21). The van der Waals surface area contributed by atoms with Crippen molar-refractivity contribution in [1.82, 2.24) is 10.2 Å². The Morgan fingerprint density at radius 2 is 2.08 bits per heavy atom. The van der Waals surface area contributed by atoms with Crippen LogP contribution in [0.3, 0.4) is 0 Å². The van der Waals surface area contributed by atoms with Gasteiger partial charge in [0.1, 0.15) is 17.7 Å². The Morgan fingerprint density at radius 3 is 2.62 bits per heavy atom. The molecule has 0 aliphatic carbocycles. The topological polar surface area (TPSA) is 105 Å². The average Bonchev–Trinajstić information content (AvgIpc) is 2.93. The second-order valence-corrected chi connectivity index (χ2v) is 6.55. The van der Waals surface area contributed by atoms with Gasteiger partial charge in [-0.05, 0) is 33.6 Å². The lowest BCUT2D eigenvalue weighted by molar-refractivity contribution is -0.149. The molecule has 0 saturated carbocycles. The normalized spacial score (nSPS) is 18.8. The number of alkyl carbamates (subject to hydrolysis) is 1. The molecule has 0 aromatic carbocycles. The second kappa shape index (κ2) is 8.68. The number of nitrogens with one attached hydrogen (secondary N) is 1. The highest BCUT2D eigenvalue weighted by Crippen LogP contribution is 2.19. The van der Waals surface area contributed by atoms with Gasteiger partial charge in [0.05, 0.1) is 13.2 Å². The molecule has 8 heteroatoms. The van der Waals surface area contributed by atoms with Gasteiger partial charge in [0, 0.05) is 6.54 Å². The lowest BCUT2D eigenvalue weighted by Crippen LogP contribution is -2.54. The van der Waals surface area contributed by atoms with Crippen molar-refractivity contribution in [2.45, 2.75) is 51.3 Å². The summed E-state index contributed by atoms with van der Waals surface area (Å²) in [5.74, 6) is -1.54. The van der Waals surface area contributed by atoms with Crippen LogP contribution in [0.1, 0.15) is 33.6 Å². The van der Waals surface area contributed by atoms with Crippen LogP contribution < -0.4 is 5.32 Å². The Kier molecular flexibility index (Phi) is 7.21. The maximum absolute atomic E-state index is 12.6. The van der Waals surface area contributed by atoms with E-state index in [0.717, 1.165) is 0 Å². The van der Waals surface area contributed by atoms with E-state index in [2.05, 4.69) is 11.9 Å². The largest absolute Gasteiger partial charge is 0.480 e. The van der Waals surface area contributed by atoms with Crippen LogP contribution in [0.15, 0.2) is 12.7 Å². The Balaban J connectivity index is 2.79. The first-order valence-electron chi connectivity index (χ1n) is 7.87. The molecule has 0 aromatic rings. The van der Waals surface area contributed by atoms with Gasteiger partial charge in [0.2, 0.25) is 5.91 Å². The maximum atomic E-state index is 12.6. The van der Waals surface area contributed by atoms with Gasteiger partial charge in [-0.15, -0.1) is 6.58 Å². The molecule has 136 valence electrons. The van der Waals surface area contributed by atoms with Gasteiger partial charge in [-0.2, -0.15) is 0 Å². The van der Waals surface area contributed by atoms with Crippen LogP contribution in [0.2, 0.25) is 0 Å². The minimum absolute atomic E-state index is 0.0903. The van der Waals surface area contributed by atoms with Gasteiger partial charge in [-0.3, -0.25) is 4.79 Å². The molecule has 2 amide bonds. The van der Waals surface area contributed by atoms with Crippen LogP contribution >= 0.6 is 0 Å². The number of ether oxygens (including phenoxy) is 2. The fourth-order valence-corrected chi connectivity index (χ4v) is 2.38. The summed E-state index contributed by atoms with van der Waals surface area (Å²) in [5, 5.41) is 11.7. The third-order valence-electron chi connectivity index (χ3n) is 3.33. The van der Waals surface area contributed by atoms with E-state index >= 15 is 0 Å². The Labute approximate surface area is 141 Å². The molecule has 2 N–H and O–H groups in total. The minimum atomic E-state index is -1.05. The highest BCUT2D eigenvalue weighted by Gasteiger charge is 2.38. The number of likely N-dealkylation sites (tertiary alicyclic amines) is 1. The summed E-state index contributed by atoms with van der Waals surface area (Å²) in [6, 6.07) is -1.89. The summed E-state index contributed by atoms with van der Waals surface area (Å²) in [5.41, 5.74) is -0.711. The van der Waals surface area contributed by atoms with Crippen molar-refractivity contribution in [1.29, 1.82) is 0 Å². The van der Waals surface area contributed by atoms with Crippen LogP contribution in [0.25, 0.3) is 0 Å². The fourth-order valence-electron chi connectivity index (χ4n) is 2.38. The molecule has 0 radical (unpaired) electrons. The van der Waals surface area contributed by atoms with Crippen LogP contribution in [0.4, 0.5) is 4.79 Å². The van der Waals surface area contributed by atoms with E-state index in [9.17, 15) is 19.5 Å². The third-order valence-corrected chi connectivity index (χ3v) is 3.33. The van der Waals surface area contributed by atoms with Crippen molar-refractivity contribution in [3.05, 3.63) is 12.7 Å². The van der Waals surface area contributed by atoms with Gasteiger partial charge in [-0.1, -0.05) is 6.08 Å². The number of nitrogens with zero attached hydrogens (tertiary/aromatic N) is 1. The van der Waals surface area contributed by atoms with E-state index < -0.39 is 35.7 Å². The maximum Gasteiger partial charge on any atom is 0.408 e. The Hall–Kier alpha value is -2.09. The molecule has 1 saturated heterocycles. The van der Waals surface area contributed by atoms with E-state index in [1.165, 1.54) is 11.0 Å². The van der Waals surface area contributed by atoms with Crippen molar-refractivity contribution in [2.24, 2.45) is 0 Å². The fraction of sp³-hybridized carbons (Fsp3) is 0.688. The molecule has 2 atom stereocenters. The highest BCUT2D eigenvalue weighted by molar-refractivity contribution is 5.89. The van der Waals surface area contributed by atoms with Gasteiger partial charge in [0.15, 0.2) is 0 Å². The van der Waals surface area contributed by atoms with Crippen molar-refractivity contribution in [3.63, 3.8) is 0 Å². The van der Waals surface area contributed by atoms with E-state index in [4.69, 9.17) is 9.47 Å². The summed E-state index contributed by atoms with van der Waals surface area (Å²) in [7, 11) is 0. The SMILES string of the molecule is C=CCOCC(NC(=O)OC(C)(C)C)C(=O)N1CCCC1C(=O)O. The van der Waals surface area contributed by atoms with Crippen LogP contribution in [0, 0.1) is 0 Å². The first-order chi connectivity index (χ1) is 11.2. The van der Waals surface area contributed by atoms with Gasteiger partial charge >= 0.3 is 12.1 Å². The Bertz CT molecular complexity index is 485. The first-order valence-corrected chi connectivity index (χ1v) is 7.87. The number of carbonyl (C=O) groups excluding carboxylic acids is 2. The minimum Gasteiger partial charge on any atom is -0.480 e. The number of carboxylic acid groups (broad SMARTS) is 1. The van der Waals surface area contributed by atoms with E-state index in [1.807, 2.05) is 0 Å². The summed E-state index contributed by atoms with van der Waals surface area (Å²) < 4.78 is 10.4. The van der Waals surface area contributed by atoms with Crippen molar-refractivity contribution in [3.8, 4) is 0 Å². The number of hydrogen-bond donors (Lipinski definition) is 2. The molecule has 0 aromatic heterocycles. The molecule has 0 bridgehead atoms. The number of amides is 2. The predicted octanol–water partition coefficient (Wildman–Crippen LogP) is 1.16. The molecule has 1 aliphatic heterocycles. The smallest absolute Gasteiger partial charge is 0.408 e. The molecule has 1 heterocycles. The zero-order valence-electron chi connectivity index (χ0n) is 14.4. The quantitative estimate of drug-likeness (QED) is 0.531. The lowest BCUT2D eigenvalue weighted by atomic mass is 10.2. The average molecular weight is 342 g/mol. The summed E-state index contributed by atoms with van der Waals surface area (Å²) >= 11 is 0. The van der Waals surface area contributed by atoms with E-state index in [1.54, 1.807) is 20.8 Å². The molecule has 24 heavy (non-hydrogen) atoms. The molecule has 0 spiro atoms. The highest BCUT2D eigenvalue weighted by atomic mass is 16.6. The number of rotatable bonds is 7. The lowest BCUT2D eigenvalue weighted by Gasteiger charge is -2.28. The van der Waals surface area contributed by atoms with E-state index in [-0.39, 0.29) is 13.2 Å². The van der Waals surface area contributed by atoms with Gasteiger partial charge in [0.25, 0.3) is 0 Å². The number of carbonyl (C=O) groups is 3. The van der Waals surface area contributed by atoms with Crippen LogP contribution in [-0.4, -0.2) is 65.4 Å². The first kappa shape index (κ1) is 20.0. The predicted molar refractivity (Wildman–Crippen MR) is 86.5 cm³/mol. The number of hydrogen-bond acceptors (Lipinski definition) is 5. The van der Waals surface area contributed by atoms with Crippen LogP contribution in [-0.2, 0) is 19.1 Å². The number of carboxylic acids is 1. The molecular formula is C16H26N2O6. The van der Waals surface area contributed by atoms with Gasteiger partial charge < -0.3 is 24.8 Å². The summed E-state index contributed by atoms with van der Waals surface area (Å²) in [6.45, 7) is 9.09. The zero-order valence-corrected chi connectivity index (χ0v) is 14.4. The number of aliphatic carboxylic acids is 1. The van der Waals surface area contributed by atoms with Crippen molar-refractivity contribution < 1.29 is 29.0 Å². The summed E-state index contributed by atoms with van der Waals surface area (Å²) in [6.07, 6.45) is 1.77. The third kappa shape index (κ3) is 6.19. The molecule has 1 rings (SSSR count). The van der Waals surface area contributed by atoms with E-state index in [0.29, 0.717) is 19.4 Å². The van der Waals surface area contributed by atoms with Crippen LogP contribution in [0.5, 0.6) is 0 Å². The summed E-state index contributed by atoms with van der Waals surface area (Å²) in [4.78, 5) is 37.1. The van der Waals surface area contributed by atoms with Gasteiger partial charge in [-0.25, -0.2) is 9.59 Å². The molecule has 8 nitrogen and oxygen atoms in total. The molecule has 2 unspecified atom stereocenters.